The number of rotatable bonds is 3. The smallest absolute Gasteiger partial charge is 0.132 e. The highest BCUT2D eigenvalue weighted by Crippen LogP contribution is 2.28. The molecule has 0 heterocycles. The van der Waals surface area contributed by atoms with Gasteiger partial charge in [0.15, 0.2) is 0 Å². The number of ether oxygens (including phenoxy) is 1. The van der Waals surface area contributed by atoms with Gasteiger partial charge in [0.25, 0.3) is 0 Å². The maximum absolute atomic E-state index is 13.4. The standard InChI is InChI=1S/C14H13ClFNO/c1-9-2-4-12(7-13(9)16)18-14-5-3-11(15)6-10(14)8-17/h2-7H,8,17H2,1H3. The van der Waals surface area contributed by atoms with Gasteiger partial charge in [-0.25, -0.2) is 4.39 Å². The predicted molar refractivity (Wildman–Crippen MR) is 70.6 cm³/mol. The Hall–Kier alpha value is -1.58. The molecule has 2 nitrogen and oxygen atoms in total. The summed E-state index contributed by atoms with van der Waals surface area (Å²) in [6.45, 7) is 2.01. The molecule has 2 N–H and O–H groups in total. The number of nitrogens with two attached hydrogens (primary N) is 1. The molecule has 0 unspecified atom stereocenters. The molecule has 0 spiro atoms. The third-order valence-electron chi connectivity index (χ3n) is 2.61. The van der Waals surface area contributed by atoms with E-state index in [1.807, 2.05) is 0 Å². The van der Waals surface area contributed by atoms with E-state index in [-0.39, 0.29) is 5.82 Å². The zero-order valence-corrected chi connectivity index (χ0v) is 10.7. The largest absolute Gasteiger partial charge is 0.457 e. The fourth-order valence-corrected chi connectivity index (χ4v) is 1.77. The minimum Gasteiger partial charge on any atom is -0.457 e. The minimum absolute atomic E-state index is 0.296. The zero-order valence-electron chi connectivity index (χ0n) is 9.91. The van der Waals surface area contributed by atoms with Gasteiger partial charge in [-0.1, -0.05) is 17.7 Å². The van der Waals surface area contributed by atoms with Crippen molar-refractivity contribution in [3.63, 3.8) is 0 Å². The topological polar surface area (TPSA) is 35.2 Å². The van der Waals surface area contributed by atoms with Crippen LogP contribution < -0.4 is 10.5 Å². The van der Waals surface area contributed by atoms with E-state index < -0.39 is 0 Å². The summed E-state index contributed by atoms with van der Waals surface area (Å²) in [6.07, 6.45) is 0. The van der Waals surface area contributed by atoms with Gasteiger partial charge in [-0.3, -0.25) is 0 Å². The Labute approximate surface area is 110 Å². The highest BCUT2D eigenvalue weighted by atomic mass is 35.5. The molecule has 2 aromatic rings. The Morgan fingerprint density at radius 3 is 2.67 bits per heavy atom. The first kappa shape index (κ1) is 12.9. The Morgan fingerprint density at radius 1 is 1.22 bits per heavy atom. The molecule has 0 aliphatic carbocycles. The summed E-state index contributed by atoms with van der Waals surface area (Å²) in [7, 11) is 0. The first-order valence-electron chi connectivity index (χ1n) is 5.52. The molecule has 4 heteroatoms. The Bertz CT molecular complexity index is 572. The van der Waals surface area contributed by atoms with Crippen molar-refractivity contribution in [2.24, 2.45) is 5.73 Å². The normalized spacial score (nSPS) is 10.4. The maximum atomic E-state index is 13.4. The van der Waals surface area contributed by atoms with Crippen molar-refractivity contribution in [1.29, 1.82) is 0 Å². The third-order valence-corrected chi connectivity index (χ3v) is 2.85. The summed E-state index contributed by atoms with van der Waals surface area (Å²) in [5.41, 5.74) is 6.98. The number of benzene rings is 2. The molecule has 2 rings (SSSR count). The first-order chi connectivity index (χ1) is 8.60. The van der Waals surface area contributed by atoms with Crippen LogP contribution in [0.1, 0.15) is 11.1 Å². The van der Waals surface area contributed by atoms with Gasteiger partial charge in [0.05, 0.1) is 0 Å². The fourth-order valence-electron chi connectivity index (χ4n) is 1.57. The average Bonchev–Trinajstić information content (AvgIpc) is 2.36. The molecule has 0 saturated heterocycles. The maximum Gasteiger partial charge on any atom is 0.132 e. The van der Waals surface area contributed by atoms with Gasteiger partial charge in [-0.2, -0.15) is 0 Å². The van der Waals surface area contributed by atoms with Gasteiger partial charge < -0.3 is 10.5 Å². The molecule has 18 heavy (non-hydrogen) atoms. The van der Waals surface area contributed by atoms with Gasteiger partial charge in [-0.05, 0) is 36.8 Å². The van der Waals surface area contributed by atoms with Crippen LogP contribution in [-0.4, -0.2) is 0 Å². The lowest BCUT2D eigenvalue weighted by atomic mass is 10.2. The molecular weight excluding hydrogens is 253 g/mol. The molecule has 0 fully saturated rings. The molecule has 0 aliphatic rings. The molecule has 0 atom stereocenters. The Kier molecular flexibility index (Phi) is 3.84. The van der Waals surface area contributed by atoms with E-state index in [2.05, 4.69) is 0 Å². The van der Waals surface area contributed by atoms with E-state index in [1.165, 1.54) is 6.07 Å². The van der Waals surface area contributed by atoms with Crippen molar-refractivity contribution in [1.82, 2.24) is 0 Å². The van der Waals surface area contributed by atoms with Crippen LogP contribution in [-0.2, 0) is 6.54 Å². The molecule has 0 radical (unpaired) electrons. The number of halogens is 2. The van der Waals surface area contributed by atoms with Crippen LogP contribution in [0.2, 0.25) is 5.02 Å². The molecule has 0 bridgehead atoms. The van der Waals surface area contributed by atoms with Gasteiger partial charge in [0.2, 0.25) is 0 Å². The summed E-state index contributed by atoms with van der Waals surface area (Å²) in [5, 5.41) is 0.595. The van der Waals surface area contributed by atoms with Crippen molar-refractivity contribution in [3.05, 3.63) is 58.4 Å². The van der Waals surface area contributed by atoms with E-state index in [1.54, 1.807) is 37.3 Å². The molecule has 0 saturated carbocycles. The predicted octanol–water partition coefficient (Wildman–Crippen LogP) is 4.04. The summed E-state index contributed by atoms with van der Waals surface area (Å²) >= 11 is 5.87. The van der Waals surface area contributed by atoms with Crippen LogP contribution in [0.15, 0.2) is 36.4 Å². The van der Waals surface area contributed by atoms with E-state index >= 15 is 0 Å². The summed E-state index contributed by atoms with van der Waals surface area (Å²) in [4.78, 5) is 0. The first-order valence-corrected chi connectivity index (χ1v) is 5.90. The van der Waals surface area contributed by atoms with Crippen LogP contribution in [0.3, 0.4) is 0 Å². The molecule has 0 aromatic heterocycles. The third kappa shape index (κ3) is 2.81. The van der Waals surface area contributed by atoms with Gasteiger partial charge in [-0.15, -0.1) is 0 Å². The van der Waals surface area contributed by atoms with Crippen molar-refractivity contribution in [3.8, 4) is 11.5 Å². The lowest BCUT2D eigenvalue weighted by Gasteiger charge is -2.11. The van der Waals surface area contributed by atoms with Crippen molar-refractivity contribution < 1.29 is 9.13 Å². The van der Waals surface area contributed by atoms with E-state index in [4.69, 9.17) is 22.1 Å². The Morgan fingerprint density at radius 2 is 2.00 bits per heavy atom. The molecule has 0 amide bonds. The van der Waals surface area contributed by atoms with E-state index in [0.717, 1.165) is 5.56 Å². The lowest BCUT2D eigenvalue weighted by Crippen LogP contribution is -1.99. The summed E-state index contributed by atoms with van der Waals surface area (Å²) in [5.74, 6) is 0.732. The van der Waals surface area contributed by atoms with E-state index in [0.29, 0.717) is 28.6 Å². The van der Waals surface area contributed by atoms with Crippen molar-refractivity contribution >= 4 is 11.6 Å². The molecular formula is C14H13ClFNO. The van der Waals surface area contributed by atoms with Crippen LogP contribution in [0.4, 0.5) is 4.39 Å². The van der Waals surface area contributed by atoms with Crippen LogP contribution in [0.5, 0.6) is 11.5 Å². The molecule has 94 valence electrons. The van der Waals surface area contributed by atoms with Crippen molar-refractivity contribution in [2.45, 2.75) is 13.5 Å². The highest BCUT2D eigenvalue weighted by Gasteiger charge is 2.06. The minimum atomic E-state index is -0.296. The van der Waals surface area contributed by atoms with Gasteiger partial charge >= 0.3 is 0 Å². The van der Waals surface area contributed by atoms with Crippen LogP contribution in [0, 0.1) is 12.7 Å². The quantitative estimate of drug-likeness (QED) is 0.909. The van der Waals surface area contributed by atoms with Gasteiger partial charge in [0.1, 0.15) is 17.3 Å². The lowest BCUT2D eigenvalue weighted by molar-refractivity contribution is 0.470. The summed E-state index contributed by atoms with van der Waals surface area (Å²) in [6, 6.07) is 9.91. The second-order valence-electron chi connectivity index (χ2n) is 3.97. The highest BCUT2D eigenvalue weighted by molar-refractivity contribution is 6.30. The van der Waals surface area contributed by atoms with Crippen LogP contribution >= 0.6 is 11.6 Å². The zero-order chi connectivity index (χ0) is 13.1. The average molecular weight is 266 g/mol. The number of aryl methyl sites for hydroxylation is 1. The number of hydrogen-bond acceptors (Lipinski definition) is 2. The monoisotopic (exact) mass is 265 g/mol. The number of hydrogen-bond donors (Lipinski definition) is 1. The van der Waals surface area contributed by atoms with Gasteiger partial charge in [0, 0.05) is 23.2 Å². The van der Waals surface area contributed by atoms with Crippen molar-refractivity contribution in [2.75, 3.05) is 0 Å². The van der Waals surface area contributed by atoms with Crippen LogP contribution in [0.25, 0.3) is 0 Å². The fraction of sp³-hybridized carbons (Fsp3) is 0.143. The van der Waals surface area contributed by atoms with E-state index in [9.17, 15) is 4.39 Å². The molecule has 2 aromatic carbocycles. The second kappa shape index (κ2) is 5.38. The second-order valence-corrected chi connectivity index (χ2v) is 4.41. The SMILES string of the molecule is Cc1ccc(Oc2ccc(Cl)cc2CN)cc1F. The molecule has 0 aliphatic heterocycles. The summed E-state index contributed by atoms with van der Waals surface area (Å²) < 4.78 is 19.0. The Balaban J connectivity index is 2.30.